The van der Waals surface area contributed by atoms with Gasteiger partial charge in [-0.25, -0.2) is 8.42 Å². The highest BCUT2D eigenvalue weighted by atomic mass is 79.9. The van der Waals surface area contributed by atoms with E-state index in [4.69, 9.17) is 4.74 Å². The zero-order valence-corrected chi connectivity index (χ0v) is 25.9. The molecular formula is C30H36BrN3O5S. The first-order chi connectivity index (χ1) is 19.0. The maximum atomic E-state index is 14.0. The Balaban J connectivity index is 2.07. The molecule has 3 rings (SSSR count). The number of halogens is 1. The minimum Gasteiger partial charge on any atom is -0.496 e. The van der Waals surface area contributed by atoms with Crippen molar-refractivity contribution in [2.45, 2.75) is 51.6 Å². The number of carbonyl (C=O) groups excluding carboxylic acids is 2. The van der Waals surface area contributed by atoms with Crippen LogP contribution in [-0.2, 0) is 26.2 Å². The third-order valence-corrected chi connectivity index (χ3v) is 8.91. The van der Waals surface area contributed by atoms with Crippen LogP contribution in [0.1, 0.15) is 37.0 Å². The van der Waals surface area contributed by atoms with Gasteiger partial charge in [0.2, 0.25) is 11.8 Å². The van der Waals surface area contributed by atoms with Crippen molar-refractivity contribution in [2.75, 3.05) is 24.5 Å². The molecule has 0 bridgehead atoms. The third-order valence-electron chi connectivity index (χ3n) is 6.52. The van der Waals surface area contributed by atoms with Gasteiger partial charge in [-0.1, -0.05) is 54.4 Å². The van der Waals surface area contributed by atoms with Crippen LogP contribution in [0.4, 0.5) is 5.69 Å². The van der Waals surface area contributed by atoms with E-state index in [9.17, 15) is 18.0 Å². The number of hydrogen-bond donors (Lipinski definition) is 1. The number of rotatable bonds is 12. The summed E-state index contributed by atoms with van der Waals surface area (Å²) in [5, 5.41) is 2.81. The van der Waals surface area contributed by atoms with Crippen LogP contribution < -0.4 is 14.4 Å². The molecule has 0 aliphatic carbocycles. The number of anilines is 1. The molecule has 0 fully saturated rings. The Morgan fingerprint density at radius 3 is 2.08 bits per heavy atom. The Morgan fingerprint density at radius 1 is 0.950 bits per heavy atom. The Labute approximate surface area is 245 Å². The largest absolute Gasteiger partial charge is 0.496 e. The number of benzene rings is 3. The summed E-state index contributed by atoms with van der Waals surface area (Å²) in [5.41, 5.74) is 3.19. The van der Waals surface area contributed by atoms with Crippen LogP contribution in [0, 0.1) is 13.8 Å². The second-order valence-electron chi connectivity index (χ2n) is 9.47. The summed E-state index contributed by atoms with van der Waals surface area (Å²) >= 11 is 3.36. The number of likely N-dealkylation sites (N-methyl/N-ethyl adjacent to an activating group) is 1. The molecule has 8 nitrogen and oxygen atoms in total. The molecule has 40 heavy (non-hydrogen) atoms. The first-order valence-electron chi connectivity index (χ1n) is 13.1. The monoisotopic (exact) mass is 629 g/mol. The van der Waals surface area contributed by atoms with Crippen molar-refractivity contribution >= 4 is 43.5 Å². The van der Waals surface area contributed by atoms with Gasteiger partial charge in [0.15, 0.2) is 0 Å². The second-order valence-corrected chi connectivity index (χ2v) is 12.2. The number of carbonyl (C=O) groups is 2. The van der Waals surface area contributed by atoms with E-state index in [2.05, 4.69) is 21.2 Å². The SMILES string of the molecule is CCNC(=O)[C@H](CC)N(Cc1ccc(C)cc1)C(=O)CN(c1ccc(C)cc1)S(=O)(=O)c1ccc(OC)c(Br)c1. The Morgan fingerprint density at radius 2 is 1.55 bits per heavy atom. The average Bonchev–Trinajstić information content (AvgIpc) is 2.93. The van der Waals surface area contributed by atoms with Gasteiger partial charge < -0.3 is 15.0 Å². The van der Waals surface area contributed by atoms with Crippen LogP contribution in [-0.4, -0.2) is 51.4 Å². The number of aryl methyl sites for hydroxylation is 2. The van der Waals surface area contributed by atoms with E-state index in [0.717, 1.165) is 21.0 Å². The van der Waals surface area contributed by atoms with Crippen LogP contribution in [0.25, 0.3) is 0 Å². The molecule has 2 amide bonds. The fourth-order valence-corrected chi connectivity index (χ4v) is 6.41. The molecule has 1 atom stereocenters. The molecule has 0 saturated carbocycles. The standard InChI is InChI=1S/C30H36BrN3O5S/c1-6-27(30(36)32-7-2)33(19-23-12-8-21(3)9-13-23)29(35)20-34(24-14-10-22(4)11-15-24)40(37,38)25-16-17-28(39-5)26(31)18-25/h8-18,27H,6-7,19-20H2,1-5H3,(H,32,36)/t27-/m0/s1. The molecule has 0 heterocycles. The van der Waals surface area contributed by atoms with E-state index in [1.807, 2.05) is 52.0 Å². The molecule has 0 radical (unpaired) electrons. The predicted octanol–water partition coefficient (Wildman–Crippen LogP) is 5.21. The zero-order valence-electron chi connectivity index (χ0n) is 23.5. The fraction of sp³-hybridized carbons (Fsp3) is 0.333. The van der Waals surface area contributed by atoms with Crippen molar-refractivity contribution in [3.05, 3.63) is 87.9 Å². The van der Waals surface area contributed by atoms with Gasteiger partial charge in [0.25, 0.3) is 10.0 Å². The number of nitrogens with one attached hydrogen (secondary N) is 1. The molecule has 0 aliphatic rings. The van der Waals surface area contributed by atoms with Crippen LogP contribution in [0.15, 0.2) is 76.1 Å². The Kier molecular flexibility index (Phi) is 10.8. The lowest BCUT2D eigenvalue weighted by atomic mass is 10.1. The van der Waals surface area contributed by atoms with Gasteiger partial charge in [0.1, 0.15) is 18.3 Å². The average molecular weight is 631 g/mol. The first-order valence-corrected chi connectivity index (χ1v) is 15.3. The highest BCUT2D eigenvalue weighted by Gasteiger charge is 2.33. The molecule has 1 N–H and O–H groups in total. The summed E-state index contributed by atoms with van der Waals surface area (Å²) in [6.45, 7) is 7.60. The van der Waals surface area contributed by atoms with Crippen LogP contribution >= 0.6 is 15.9 Å². The molecule has 0 saturated heterocycles. The molecular weight excluding hydrogens is 594 g/mol. The maximum Gasteiger partial charge on any atom is 0.264 e. The summed E-state index contributed by atoms with van der Waals surface area (Å²) in [5.74, 6) is -0.293. The first kappa shape index (κ1) is 31.2. The minimum atomic E-state index is -4.18. The fourth-order valence-electron chi connectivity index (χ4n) is 4.28. The van der Waals surface area contributed by atoms with Gasteiger partial charge in [-0.2, -0.15) is 0 Å². The molecule has 10 heteroatoms. The lowest BCUT2D eigenvalue weighted by molar-refractivity contribution is -0.140. The summed E-state index contributed by atoms with van der Waals surface area (Å²) in [7, 11) is -2.69. The van der Waals surface area contributed by atoms with Crippen molar-refractivity contribution in [2.24, 2.45) is 0 Å². The predicted molar refractivity (Wildman–Crippen MR) is 161 cm³/mol. The third kappa shape index (κ3) is 7.42. The summed E-state index contributed by atoms with van der Waals surface area (Å²) in [6, 6.07) is 18.3. The zero-order chi connectivity index (χ0) is 29.4. The van der Waals surface area contributed by atoms with Gasteiger partial charge in [-0.3, -0.25) is 13.9 Å². The topological polar surface area (TPSA) is 96.0 Å². The van der Waals surface area contributed by atoms with Crippen LogP contribution in [0.3, 0.4) is 0 Å². The Hall–Kier alpha value is -3.37. The summed E-state index contributed by atoms with van der Waals surface area (Å²) < 4.78 is 34.8. The van der Waals surface area contributed by atoms with Crippen molar-refractivity contribution in [1.82, 2.24) is 10.2 Å². The number of sulfonamides is 1. The van der Waals surface area contributed by atoms with E-state index in [0.29, 0.717) is 28.9 Å². The number of nitrogens with zero attached hydrogens (tertiary/aromatic N) is 2. The number of ether oxygens (including phenoxy) is 1. The second kappa shape index (κ2) is 13.8. The molecule has 0 spiro atoms. The highest BCUT2D eigenvalue weighted by molar-refractivity contribution is 9.10. The van der Waals surface area contributed by atoms with E-state index < -0.39 is 28.5 Å². The molecule has 3 aromatic rings. The van der Waals surface area contributed by atoms with Gasteiger partial charge in [-0.15, -0.1) is 0 Å². The number of methoxy groups -OCH3 is 1. The van der Waals surface area contributed by atoms with E-state index >= 15 is 0 Å². The lowest BCUT2D eigenvalue weighted by Gasteiger charge is -2.33. The minimum absolute atomic E-state index is 0.00518. The van der Waals surface area contributed by atoms with Crippen molar-refractivity contribution < 1.29 is 22.7 Å². The van der Waals surface area contributed by atoms with Crippen molar-refractivity contribution in [3.8, 4) is 5.75 Å². The maximum absolute atomic E-state index is 14.0. The van der Waals surface area contributed by atoms with Crippen molar-refractivity contribution in [1.29, 1.82) is 0 Å². The molecule has 0 unspecified atom stereocenters. The van der Waals surface area contributed by atoms with Gasteiger partial charge in [0, 0.05) is 13.1 Å². The number of amides is 2. The summed E-state index contributed by atoms with van der Waals surface area (Å²) in [6.07, 6.45) is 0.367. The molecule has 0 aromatic heterocycles. The van der Waals surface area contributed by atoms with E-state index in [-0.39, 0.29) is 17.3 Å². The van der Waals surface area contributed by atoms with Crippen LogP contribution in [0.2, 0.25) is 0 Å². The highest BCUT2D eigenvalue weighted by Crippen LogP contribution is 2.31. The van der Waals surface area contributed by atoms with Crippen LogP contribution in [0.5, 0.6) is 5.75 Å². The smallest absolute Gasteiger partial charge is 0.264 e. The van der Waals surface area contributed by atoms with Gasteiger partial charge in [0.05, 0.1) is 22.2 Å². The van der Waals surface area contributed by atoms with Gasteiger partial charge in [-0.05, 0) is 79.0 Å². The normalized spacial score (nSPS) is 11.9. The van der Waals surface area contributed by atoms with Gasteiger partial charge >= 0.3 is 0 Å². The van der Waals surface area contributed by atoms with E-state index in [1.54, 1.807) is 30.3 Å². The van der Waals surface area contributed by atoms with E-state index in [1.165, 1.54) is 24.1 Å². The van der Waals surface area contributed by atoms with Crippen molar-refractivity contribution in [3.63, 3.8) is 0 Å². The summed E-state index contributed by atoms with van der Waals surface area (Å²) in [4.78, 5) is 28.5. The lowest BCUT2D eigenvalue weighted by Crippen LogP contribution is -2.52. The molecule has 0 aliphatic heterocycles. The Bertz CT molecular complexity index is 1430. The number of hydrogen-bond acceptors (Lipinski definition) is 5. The quantitative estimate of drug-likeness (QED) is 0.297. The molecule has 3 aromatic carbocycles. The molecule has 214 valence electrons.